The number of nitrogens with zero attached hydrogens (tertiary/aromatic N) is 3. The van der Waals surface area contributed by atoms with Gasteiger partial charge in [-0.15, -0.1) is 11.3 Å². The summed E-state index contributed by atoms with van der Waals surface area (Å²) in [4.78, 5) is 10.1. The molecule has 0 bridgehead atoms. The van der Waals surface area contributed by atoms with Crippen LogP contribution in [0.15, 0.2) is 5.38 Å². The van der Waals surface area contributed by atoms with E-state index in [4.69, 9.17) is 4.98 Å². The number of rotatable bonds is 4. The third kappa shape index (κ3) is 3.58. The van der Waals surface area contributed by atoms with Crippen LogP contribution >= 0.6 is 11.3 Å². The molecular weight excluding hydrogens is 280 g/mol. The van der Waals surface area contributed by atoms with E-state index < -0.39 is 0 Å². The van der Waals surface area contributed by atoms with Crippen molar-refractivity contribution in [1.82, 2.24) is 15.2 Å². The molecule has 2 aliphatic rings. The van der Waals surface area contributed by atoms with Crippen LogP contribution in [0, 0.1) is 0 Å². The summed E-state index contributed by atoms with van der Waals surface area (Å²) in [5.74, 6) is 0. The number of nitrogens with one attached hydrogen (secondary N) is 1. The Morgan fingerprint density at radius 3 is 3.05 bits per heavy atom. The van der Waals surface area contributed by atoms with Crippen molar-refractivity contribution < 1.29 is 0 Å². The van der Waals surface area contributed by atoms with Crippen LogP contribution in [0.25, 0.3) is 0 Å². The molecule has 1 N–H and O–H groups in total. The molecule has 3 rings (SSSR count). The number of piperidine rings is 1. The van der Waals surface area contributed by atoms with Crippen LogP contribution in [-0.4, -0.2) is 47.6 Å². The minimum Gasteiger partial charge on any atom is -0.343 e. The quantitative estimate of drug-likeness (QED) is 0.927. The average molecular weight is 308 g/mol. The summed E-state index contributed by atoms with van der Waals surface area (Å²) in [6.45, 7) is 11.2. The lowest BCUT2D eigenvalue weighted by Gasteiger charge is -2.47. The van der Waals surface area contributed by atoms with Gasteiger partial charge < -0.3 is 10.2 Å². The molecule has 3 heterocycles. The zero-order chi connectivity index (χ0) is 14.8. The molecule has 118 valence electrons. The molecule has 21 heavy (non-hydrogen) atoms. The normalized spacial score (nSPS) is 27.1. The maximum atomic E-state index is 4.86. The predicted molar refractivity (Wildman–Crippen MR) is 90.1 cm³/mol. The molecule has 1 aromatic rings. The van der Waals surface area contributed by atoms with Gasteiger partial charge in [0, 0.05) is 43.1 Å². The van der Waals surface area contributed by atoms with Gasteiger partial charge in [0.2, 0.25) is 0 Å². The lowest BCUT2D eigenvalue weighted by atomic mass is 9.97. The molecule has 1 aromatic heterocycles. The fourth-order valence-electron chi connectivity index (χ4n) is 3.44. The predicted octanol–water partition coefficient (Wildman–Crippen LogP) is 2.70. The van der Waals surface area contributed by atoms with Gasteiger partial charge >= 0.3 is 0 Å². The lowest BCUT2D eigenvalue weighted by Crippen LogP contribution is -2.58. The molecule has 2 aliphatic heterocycles. The molecule has 2 fully saturated rings. The smallest absolute Gasteiger partial charge is 0.185 e. The zero-order valence-corrected chi connectivity index (χ0v) is 14.3. The lowest BCUT2D eigenvalue weighted by molar-refractivity contribution is 0.115. The second kappa shape index (κ2) is 6.63. The van der Waals surface area contributed by atoms with Crippen LogP contribution in [0.1, 0.15) is 45.7 Å². The Balaban J connectivity index is 1.65. The fourth-order valence-corrected chi connectivity index (χ4v) is 4.37. The monoisotopic (exact) mass is 308 g/mol. The van der Waals surface area contributed by atoms with Crippen LogP contribution in [0.2, 0.25) is 0 Å². The maximum absolute atomic E-state index is 4.86. The van der Waals surface area contributed by atoms with Crippen molar-refractivity contribution in [3.05, 3.63) is 11.1 Å². The van der Waals surface area contributed by atoms with Crippen LogP contribution in [0.3, 0.4) is 0 Å². The Bertz CT molecular complexity index is 459. The van der Waals surface area contributed by atoms with E-state index in [1.54, 1.807) is 0 Å². The molecule has 4 nitrogen and oxygen atoms in total. The molecule has 2 unspecified atom stereocenters. The van der Waals surface area contributed by atoms with Crippen molar-refractivity contribution in [1.29, 1.82) is 0 Å². The van der Waals surface area contributed by atoms with Crippen molar-refractivity contribution in [2.45, 2.75) is 64.7 Å². The second-order valence-electron chi connectivity index (χ2n) is 6.80. The van der Waals surface area contributed by atoms with E-state index in [1.807, 2.05) is 11.3 Å². The van der Waals surface area contributed by atoms with Crippen LogP contribution in [-0.2, 0) is 6.54 Å². The summed E-state index contributed by atoms with van der Waals surface area (Å²) in [6.07, 6.45) is 4.13. The number of hydrogen-bond acceptors (Lipinski definition) is 5. The van der Waals surface area contributed by atoms with E-state index in [-0.39, 0.29) is 0 Å². The maximum Gasteiger partial charge on any atom is 0.185 e. The number of aromatic nitrogens is 1. The Kier molecular flexibility index (Phi) is 4.82. The topological polar surface area (TPSA) is 31.4 Å². The van der Waals surface area contributed by atoms with E-state index in [2.05, 4.69) is 41.3 Å². The largest absolute Gasteiger partial charge is 0.343 e. The first-order valence-electron chi connectivity index (χ1n) is 8.32. The molecule has 0 amide bonds. The van der Waals surface area contributed by atoms with E-state index >= 15 is 0 Å². The highest BCUT2D eigenvalue weighted by molar-refractivity contribution is 7.13. The average Bonchev–Trinajstić information content (AvgIpc) is 2.93. The van der Waals surface area contributed by atoms with Gasteiger partial charge in [0.15, 0.2) is 5.13 Å². The molecule has 2 saturated heterocycles. The van der Waals surface area contributed by atoms with Crippen molar-refractivity contribution in [2.24, 2.45) is 0 Å². The van der Waals surface area contributed by atoms with Gasteiger partial charge in [-0.05, 0) is 26.3 Å². The minimum absolute atomic E-state index is 0.514. The van der Waals surface area contributed by atoms with Crippen LogP contribution in [0.4, 0.5) is 5.13 Å². The Hall–Kier alpha value is -0.650. The first-order chi connectivity index (χ1) is 10.1. The molecule has 0 radical (unpaired) electrons. The van der Waals surface area contributed by atoms with Crippen LogP contribution in [0.5, 0.6) is 0 Å². The summed E-state index contributed by atoms with van der Waals surface area (Å²) in [7, 11) is 0. The molecular formula is C16H28N4S. The van der Waals surface area contributed by atoms with Crippen molar-refractivity contribution in [3.63, 3.8) is 0 Å². The molecule has 0 aliphatic carbocycles. The second-order valence-corrected chi connectivity index (χ2v) is 7.64. The third-order valence-electron chi connectivity index (χ3n) is 4.66. The van der Waals surface area contributed by atoms with E-state index in [0.717, 1.165) is 19.1 Å². The summed E-state index contributed by atoms with van der Waals surface area (Å²) in [5.41, 5.74) is 1.18. The molecule has 0 saturated carbocycles. The van der Waals surface area contributed by atoms with Gasteiger partial charge in [0.25, 0.3) is 0 Å². The number of hydrogen-bond donors (Lipinski definition) is 1. The standard InChI is InChI=1S/C16H28N4S/c1-12(2)17-8-14-11-21-16(18-14)20-10-15-6-4-5-7-19(15)9-13(20)3/h11-13,15,17H,4-10H2,1-3H3. The summed E-state index contributed by atoms with van der Waals surface area (Å²) in [5, 5.41) is 6.88. The van der Waals surface area contributed by atoms with E-state index in [0.29, 0.717) is 12.1 Å². The minimum atomic E-state index is 0.514. The number of anilines is 1. The van der Waals surface area contributed by atoms with E-state index in [1.165, 1.54) is 43.2 Å². The zero-order valence-electron chi connectivity index (χ0n) is 13.5. The van der Waals surface area contributed by atoms with Crippen molar-refractivity contribution >= 4 is 16.5 Å². The van der Waals surface area contributed by atoms with E-state index in [9.17, 15) is 0 Å². The van der Waals surface area contributed by atoms with Crippen molar-refractivity contribution in [2.75, 3.05) is 24.5 Å². The highest BCUT2D eigenvalue weighted by atomic mass is 32.1. The van der Waals surface area contributed by atoms with Gasteiger partial charge in [-0.3, -0.25) is 4.90 Å². The van der Waals surface area contributed by atoms with Crippen molar-refractivity contribution in [3.8, 4) is 0 Å². The van der Waals surface area contributed by atoms with Gasteiger partial charge in [-0.1, -0.05) is 20.3 Å². The number of fused-ring (bicyclic) bond motifs is 1. The molecule has 0 spiro atoms. The Morgan fingerprint density at radius 1 is 1.38 bits per heavy atom. The Morgan fingerprint density at radius 2 is 2.24 bits per heavy atom. The van der Waals surface area contributed by atoms with Gasteiger partial charge in [0.1, 0.15) is 0 Å². The molecule has 5 heteroatoms. The van der Waals surface area contributed by atoms with Gasteiger partial charge in [-0.25, -0.2) is 4.98 Å². The van der Waals surface area contributed by atoms with Gasteiger partial charge in [-0.2, -0.15) is 0 Å². The summed E-state index contributed by atoms with van der Waals surface area (Å²) >= 11 is 1.81. The number of thiazole rings is 1. The Labute approximate surface area is 132 Å². The third-order valence-corrected chi connectivity index (χ3v) is 5.59. The van der Waals surface area contributed by atoms with Gasteiger partial charge in [0.05, 0.1) is 5.69 Å². The van der Waals surface area contributed by atoms with Crippen LogP contribution < -0.4 is 10.2 Å². The highest BCUT2D eigenvalue weighted by Gasteiger charge is 2.33. The fraction of sp³-hybridized carbons (Fsp3) is 0.812. The molecule has 2 atom stereocenters. The highest BCUT2D eigenvalue weighted by Crippen LogP contribution is 2.30. The first-order valence-corrected chi connectivity index (χ1v) is 9.20. The first kappa shape index (κ1) is 15.3. The SMILES string of the molecule is CC(C)NCc1csc(N2CC3CCCCN3CC2C)n1. The molecule has 0 aromatic carbocycles. The summed E-state index contributed by atoms with van der Waals surface area (Å²) in [6, 6.07) is 1.84. The number of piperazine rings is 1. The summed E-state index contributed by atoms with van der Waals surface area (Å²) < 4.78 is 0.